The van der Waals surface area contributed by atoms with Crippen LogP contribution in [0, 0.1) is 0 Å². The largest absolute Gasteiger partial charge is 0.573 e. The van der Waals surface area contributed by atoms with Gasteiger partial charge in [0.2, 0.25) is 0 Å². The Hall–Kier alpha value is -3.14. The fraction of sp³-hybridized carbons (Fsp3) is 0.150. The Labute approximate surface area is 176 Å². The Morgan fingerprint density at radius 1 is 1.03 bits per heavy atom. The van der Waals surface area contributed by atoms with Crippen molar-refractivity contribution in [2.45, 2.75) is 12.9 Å². The Morgan fingerprint density at radius 2 is 1.70 bits per heavy atom. The minimum absolute atomic E-state index is 0.174. The molecular formula is C20H14BrF3N4O2. The second-order valence-electron chi connectivity index (χ2n) is 6.50. The number of nitrogens with zero attached hydrogens (tertiary/aromatic N) is 4. The van der Waals surface area contributed by atoms with Gasteiger partial charge in [0.05, 0.1) is 23.3 Å². The molecule has 10 heteroatoms. The van der Waals surface area contributed by atoms with E-state index in [2.05, 4.69) is 30.6 Å². The molecule has 0 amide bonds. The van der Waals surface area contributed by atoms with Crippen molar-refractivity contribution in [2.24, 2.45) is 7.05 Å². The van der Waals surface area contributed by atoms with Gasteiger partial charge < -0.3 is 4.74 Å². The van der Waals surface area contributed by atoms with E-state index in [4.69, 9.17) is 0 Å². The van der Waals surface area contributed by atoms with E-state index in [0.29, 0.717) is 21.2 Å². The molecule has 0 saturated heterocycles. The Morgan fingerprint density at radius 3 is 2.37 bits per heavy atom. The highest BCUT2D eigenvalue weighted by Gasteiger charge is 2.31. The van der Waals surface area contributed by atoms with Crippen LogP contribution < -0.4 is 10.3 Å². The number of rotatable bonds is 4. The topological polar surface area (TPSA) is 61.9 Å². The lowest BCUT2D eigenvalue weighted by atomic mass is 10.1. The number of benzene rings is 2. The summed E-state index contributed by atoms with van der Waals surface area (Å²) in [6, 6.07) is 10.9. The smallest absolute Gasteiger partial charge is 0.406 e. The van der Waals surface area contributed by atoms with Gasteiger partial charge in [-0.2, -0.15) is 0 Å². The van der Waals surface area contributed by atoms with Crippen LogP contribution in [0.4, 0.5) is 13.2 Å². The third kappa shape index (κ3) is 3.95. The van der Waals surface area contributed by atoms with Crippen molar-refractivity contribution in [3.8, 4) is 17.0 Å². The molecule has 0 aliphatic heterocycles. The molecule has 2 aromatic heterocycles. The lowest BCUT2D eigenvalue weighted by Crippen LogP contribution is -2.22. The molecule has 0 radical (unpaired) electrons. The van der Waals surface area contributed by atoms with E-state index < -0.39 is 6.36 Å². The summed E-state index contributed by atoms with van der Waals surface area (Å²) >= 11 is 3.38. The fourth-order valence-electron chi connectivity index (χ4n) is 3.19. The van der Waals surface area contributed by atoms with Crippen LogP contribution in [0.5, 0.6) is 5.75 Å². The number of ether oxygens (including phenoxy) is 1. The average Bonchev–Trinajstić information content (AvgIpc) is 2.91. The summed E-state index contributed by atoms with van der Waals surface area (Å²) in [5.41, 5.74) is 3.26. The first kappa shape index (κ1) is 20.1. The number of halogens is 4. The molecule has 0 aliphatic rings. The molecule has 0 saturated carbocycles. The first-order valence-electron chi connectivity index (χ1n) is 8.74. The molecule has 30 heavy (non-hydrogen) atoms. The van der Waals surface area contributed by atoms with E-state index in [1.54, 1.807) is 24.1 Å². The maximum Gasteiger partial charge on any atom is 0.573 e. The predicted octanol–water partition coefficient (Wildman–Crippen LogP) is 4.51. The molecule has 154 valence electrons. The van der Waals surface area contributed by atoms with Gasteiger partial charge in [-0.1, -0.05) is 18.2 Å². The van der Waals surface area contributed by atoms with Gasteiger partial charge >= 0.3 is 6.36 Å². The van der Waals surface area contributed by atoms with Gasteiger partial charge in [-0.25, -0.2) is 4.68 Å². The van der Waals surface area contributed by atoms with Crippen molar-refractivity contribution < 1.29 is 17.9 Å². The van der Waals surface area contributed by atoms with Crippen molar-refractivity contribution >= 4 is 27.0 Å². The highest BCUT2D eigenvalue weighted by Crippen LogP contribution is 2.28. The third-order valence-corrected chi connectivity index (χ3v) is 5.26. The van der Waals surface area contributed by atoms with E-state index in [9.17, 15) is 18.0 Å². The number of hydrogen-bond donors (Lipinski definition) is 0. The van der Waals surface area contributed by atoms with Crippen molar-refractivity contribution in [3.63, 3.8) is 0 Å². The van der Waals surface area contributed by atoms with E-state index >= 15 is 0 Å². The van der Waals surface area contributed by atoms with Crippen LogP contribution in [0.2, 0.25) is 0 Å². The molecule has 0 aliphatic carbocycles. The summed E-state index contributed by atoms with van der Waals surface area (Å²) < 4.78 is 44.4. The van der Waals surface area contributed by atoms with Gasteiger partial charge in [-0.3, -0.25) is 19.4 Å². The fourth-order valence-corrected chi connectivity index (χ4v) is 3.88. The normalized spacial score (nSPS) is 11.8. The standard InChI is InChI=1S/C20H14BrF3N4O2/c1-27-18(13-4-7-15-16(10-13)26-9-8-25-15)17(21)19(29)28(27)11-12-2-5-14(6-3-12)30-20(22,23)24/h2-10H,11H2,1H3. The van der Waals surface area contributed by atoms with Gasteiger partial charge in [0, 0.05) is 25.0 Å². The summed E-state index contributed by atoms with van der Waals surface area (Å²) in [4.78, 5) is 21.3. The number of hydrogen-bond acceptors (Lipinski definition) is 4. The number of fused-ring (bicyclic) bond motifs is 1. The van der Waals surface area contributed by atoms with Gasteiger partial charge in [0.15, 0.2) is 0 Å². The summed E-state index contributed by atoms with van der Waals surface area (Å²) in [5.74, 6) is -0.315. The first-order valence-corrected chi connectivity index (χ1v) is 9.53. The van der Waals surface area contributed by atoms with Gasteiger partial charge in [-0.15, -0.1) is 13.2 Å². The van der Waals surface area contributed by atoms with E-state index in [-0.39, 0.29) is 17.9 Å². The highest BCUT2D eigenvalue weighted by molar-refractivity contribution is 9.10. The molecule has 0 unspecified atom stereocenters. The zero-order valence-electron chi connectivity index (χ0n) is 15.5. The van der Waals surface area contributed by atoms with Gasteiger partial charge in [0.25, 0.3) is 5.56 Å². The molecule has 2 aromatic carbocycles. The summed E-state index contributed by atoms with van der Waals surface area (Å²) in [6.07, 6.45) is -1.55. The van der Waals surface area contributed by atoms with Crippen LogP contribution in [0.3, 0.4) is 0 Å². The third-order valence-electron chi connectivity index (χ3n) is 4.55. The molecular weight excluding hydrogens is 465 g/mol. The van der Waals surface area contributed by atoms with Crippen molar-refractivity contribution in [2.75, 3.05) is 0 Å². The first-order chi connectivity index (χ1) is 14.2. The van der Waals surface area contributed by atoms with E-state index in [1.807, 2.05) is 18.2 Å². The Balaban J connectivity index is 1.68. The van der Waals surface area contributed by atoms with Crippen LogP contribution in [0.25, 0.3) is 22.3 Å². The maximum absolute atomic E-state index is 12.8. The maximum atomic E-state index is 12.8. The van der Waals surface area contributed by atoms with Crippen molar-refractivity contribution in [1.29, 1.82) is 0 Å². The SMILES string of the molecule is Cn1c(-c2ccc3nccnc3c2)c(Br)c(=O)n1Cc1ccc(OC(F)(F)F)cc1. The summed E-state index contributed by atoms with van der Waals surface area (Å²) in [7, 11) is 1.74. The molecule has 0 N–H and O–H groups in total. The van der Waals surface area contributed by atoms with Crippen LogP contribution >= 0.6 is 15.9 Å². The Bertz CT molecular complexity index is 1280. The minimum Gasteiger partial charge on any atom is -0.406 e. The zero-order chi connectivity index (χ0) is 21.5. The van der Waals surface area contributed by atoms with Gasteiger partial charge in [-0.05, 0) is 45.8 Å². The van der Waals surface area contributed by atoms with E-state index in [1.165, 1.54) is 28.9 Å². The highest BCUT2D eigenvalue weighted by atomic mass is 79.9. The second kappa shape index (κ2) is 7.60. The molecule has 6 nitrogen and oxygen atoms in total. The van der Waals surface area contributed by atoms with Crippen LogP contribution in [-0.2, 0) is 13.6 Å². The van der Waals surface area contributed by atoms with Crippen molar-refractivity contribution in [3.05, 3.63) is 75.2 Å². The molecule has 2 heterocycles. The lowest BCUT2D eigenvalue weighted by molar-refractivity contribution is -0.274. The Kier molecular flexibility index (Phi) is 5.10. The van der Waals surface area contributed by atoms with Crippen LogP contribution in [0.15, 0.2) is 64.1 Å². The molecule has 0 spiro atoms. The molecule has 0 atom stereocenters. The van der Waals surface area contributed by atoms with Gasteiger partial charge in [0.1, 0.15) is 10.2 Å². The minimum atomic E-state index is -4.75. The quantitative estimate of drug-likeness (QED) is 0.433. The summed E-state index contributed by atoms with van der Waals surface area (Å²) in [6.45, 7) is 0.174. The second-order valence-corrected chi connectivity index (χ2v) is 7.29. The van der Waals surface area contributed by atoms with Crippen molar-refractivity contribution in [1.82, 2.24) is 19.3 Å². The summed E-state index contributed by atoms with van der Waals surface area (Å²) in [5, 5.41) is 0. The van der Waals surface area contributed by atoms with E-state index in [0.717, 1.165) is 11.1 Å². The molecule has 4 rings (SSSR count). The molecule has 4 aromatic rings. The molecule has 0 fully saturated rings. The molecule has 0 bridgehead atoms. The lowest BCUT2D eigenvalue weighted by Gasteiger charge is -2.12. The van der Waals surface area contributed by atoms with Crippen LogP contribution in [0.1, 0.15) is 5.56 Å². The number of alkyl halides is 3. The number of aromatic nitrogens is 4. The predicted molar refractivity (Wildman–Crippen MR) is 108 cm³/mol. The monoisotopic (exact) mass is 478 g/mol. The zero-order valence-corrected chi connectivity index (χ0v) is 17.1. The average molecular weight is 479 g/mol. The van der Waals surface area contributed by atoms with Crippen LogP contribution in [-0.4, -0.2) is 25.7 Å².